The van der Waals surface area contributed by atoms with Crippen LogP contribution in [0.5, 0.6) is 0 Å². The molecular weight excluding hydrogens is 316 g/mol. The summed E-state index contributed by atoms with van der Waals surface area (Å²) in [5.41, 5.74) is -0.248. The molecular formula is C16H18N2O4S. The van der Waals surface area contributed by atoms with Gasteiger partial charge in [-0.1, -0.05) is 42.5 Å². The van der Waals surface area contributed by atoms with Crippen LogP contribution in [0.15, 0.2) is 59.5 Å². The van der Waals surface area contributed by atoms with Gasteiger partial charge in [-0.3, -0.25) is 10.1 Å². The Morgan fingerprint density at radius 3 is 2.22 bits per heavy atom. The van der Waals surface area contributed by atoms with Crippen LogP contribution < -0.4 is 4.72 Å². The molecule has 0 bridgehead atoms. The highest BCUT2D eigenvalue weighted by molar-refractivity contribution is 7.89. The van der Waals surface area contributed by atoms with Gasteiger partial charge in [-0.25, -0.2) is 13.1 Å². The Kier molecular flexibility index (Phi) is 4.82. The number of benzene rings is 2. The molecule has 0 aromatic heterocycles. The zero-order valence-electron chi connectivity index (χ0n) is 12.9. The lowest BCUT2D eigenvalue weighted by Crippen LogP contribution is -2.45. The third-order valence-electron chi connectivity index (χ3n) is 3.25. The van der Waals surface area contributed by atoms with Gasteiger partial charge in [0.15, 0.2) is 4.90 Å². The van der Waals surface area contributed by atoms with E-state index in [0.717, 1.165) is 5.56 Å². The average Bonchev–Trinajstić information content (AvgIpc) is 2.46. The summed E-state index contributed by atoms with van der Waals surface area (Å²) < 4.78 is 27.7. The molecule has 0 heterocycles. The van der Waals surface area contributed by atoms with E-state index >= 15 is 0 Å². The maximum absolute atomic E-state index is 12.5. The normalized spacial score (nSPS) is 12.1. The maximum Gasteiger partial charge on any atom is 0.289 e. The first-order valence-corrected chi connectivity index (χ1v) is 8.51. The van der Waals surface area contributed by atoms with Crippen molar-refractivity contribution in [3.63, 3.8) is 0 Å². The van der Waals surface area contributed by atoms with E-state index in [0.29, 0.717) is 6.42 Å². The largest absolute Gasteiger partial charge is 0.289 e. The molecule has 23 heavy (non-hydrogen) atoms. The van der Waals surface area contributed by atoms with Gasteiger partial charge in [-0.2, -0.15) is 0 Å². The first-order chi connectivity index (χ1) is 10.7. The van der Waals surface area contributed by atoms with Crippen LogP contribution in [0.1, 0.15) is 19.4 Å². The van der Waals surface area contributed by atoms with Crippen molar-refractivity contribution in [3.05, 3.63) is 70.3 Å². The number of nitro groups is 1. The minimum atomic E-state index is -4.01. The van der Waals surface area contributed by atoms with Gasteiger partial charge in [0.1, 0.15) is 0 Å². The fourth-order valence-corrected chi connectivity index (χ4v) is 3.98. The van der Waals surface area contributed by atoms with E-state index < -0.39 is 26.2 Å². The minimum Gasteiger partial charge on any atom is -0.258 e. The Labute approximate surface area is 135 Å². The Bertz CT molecular complexity index is 802. The highest BCUT2D eigenvalue weighted by Crippen LogP contribution is 2.25. The molecule has 0 saturated heterocycles. The van der Waals surface area contributed by atoms with Gasteiger partial charge in [0.05, 0.1) is 4.92 Å². The molecule has 0 saturated carbocycles. The van der Waals surface area contributed by atoms with Crippen molar-refractivity contribution in [2.45, 2.75) is 30.7 Å². The Morgan fingerprint density at radius 1 is 1.04 bits per heavy atom. The van der Waals surface area contributed by atoms with Crippen molar-refractivity contribution in [1.82, 2.24) is 4.72 Å². The van der Waals surface area contributed by atoms with E-state index in [9.17, 15) is 18.5 Å². The minimum absolute atomic E-state index is 0.328. The predicted octanol–water partition coefficient (Wildman–Crippen LogP) is 2.89. The smallest absolute Gasteiger partial charge is 0.258 e. The summed E-state index contributed by atoms with van der Waals surface area (Å²) in [7, 11) is -4.01. The Hall–Kier alpha value is -2.25. The molecule has 122 valence electrons. The molecule has 2 rings (SSSR count). The number of nitrogens with zero attached hydrogens (tertiary/aromatic N) is 1. The lowest BCUT2D eigenvalue weighted by molar-refractivity contribution is -0.387. The van der Waals surface area contributed by atoms with Crippen LogP contribution in [0.3, 0.4) is 0 Å². The Balaban J connectivity index is 2.29. The molecule has 0 atom stereocenters. The summed E-state index contributed by atoms with van der Waals surface area (Å²) in [6, 6.07) is 14.8. The lowest BCUT2D eigenvalue weighted by atomic mass is 9.96. The molecule has 0 amide bonds. The average molecular weight is 334 g/mol. The molecule has 2 aromatic carbocycles. The summed E-state index contributed by atoms with van der Waals surface area (Å²) in [5, 5.41) is 11.0. The van der Waals surface area contributed by atoms with Crippen LogP contribution in [-0.4, -0.2) is 18.9 Å². The maximum atomic E-state index is 12.5. The number of nitrogens with one attached hydrogen (secondary N) is 1. The van der Waals surface area contributed by atoms with E-state index in [2.05, 4.69) is 4.72 Å². The predicted molar refractivity (Wildman–Crippen MR) is 87.6 cm³/mol. The zero-order chi connectivity index (χ0) is 17.1. The number of hydrogen-bond acceptors (Lipinski definition) is 4. The van der Waals surface area contributed by atoms with Crippen LogP contribution >= 0.6 is 0 Å². The molecule has 6 nitrogen and oxygen atoms in total. The second-order valence-corrected chi connectivity index (χ2v) is 7.53. The molecule has 7 heteroatoms. The van der Waals surface area contributed by atoms with Gasteiger partial charge < -0.3 is 0 Å². The van der Waals surface area contributed by atoms with Crippen LogP contribution in [0.2, 0.25) is 0 Å². The van der Waals surface area contributed by atoms with Crippen molar-refractivity contribution in [2.75, 3.05) is 0 Å². The van der Waals surface area contributed by atoms with Gasteiger partial charge in [0, 0.05) is 11.6 Å². The first kappa shape index (κ1) is 17.1. The van der Waals surface area contributed by atoms with Gasteiger partial charge in [-0.15, -0.1) is 0 Å². The fraction of sp³-hybridized carbons (Fsp3) is 0.250. The van der Waals surface area contributed by atoms with Crippen molar-refractivity contribution in [3.8, 4) is 0 Å². The SMILES string of the molecule is CC(C)(Cc1ccccc1)NS(=O)(=O)c1ccccc1[N+](=O)[O-]. The van der Waals surface area contributed by atoms with Crippen LogP contribution in [0.4, 0.5) is 5.69 Å². The number of rotatable bonds is 6. The molecule has 0 aliphatic rings. The number of nitro benzene ring substituents is 1. The number of hydrogen-bond donors (Lipinski definition) is 1. The summed E-state index contributed by atoms with van der Waals surface area (Å²) in [6.07, 6.45) is 0.466. The van der Waals surface area contributed by atoms with E-state index in [4.69, 9.17) is 0 Å². The molecule has 1 N–H and O–H groups in total. The van der Waals surface area contributed by atoms with Crippen molar-refractivity contribution in [2.24, 2.45) is 0 Å². The monoisotopic (exact) mass is 334 g/mol. The van der Waals surface area contributed by atoms with E-state index in [1.807, 2.05) is 30.3 Å². The topological polar surface area (TPSA) is 89.3 Å². The highest BCUT2D eigenvalue weighted by atomic mass is 32.2. The summed E-state index contributed by atoms with van der Waals surface area (Å²) in [4.78, 5) is 10.0. The van der Waals surface area contributed by atoms with E-state index in [1.54, 1.807) is 13.8 Å². The van der Waals surface area contributed by atoms with Crippen molar-refractivity contribution in [1.29, 1.82) is 0 Å². The van der Waals surface area contributed by atoms with E-state index in [-0.39, 0.29) is 4.90 Å². The second kappa shape index (κ2) is 6.47. The Morgan fingerprint density at radius 2 is 1.61 bits per heavy atom. The van der Waals surface area contributed by atoms with E-state index in [1.165, 1.54) is 24.3 Å². The second-order valence-electron chi connectivity index (χ2n) is 5.88. The van der Waals surface area contributed by atoms with Gasteiger partial charge in [0.25, 0.3) is 5.69 Å². The number of sulfonamides is 1. The highest BCUT2D eigenvalue weighted by Gasteiger charge is 2.31. The summed E-state index contributed by atoms with van der Waals surface area (Å²) in [6.45, 7) is 3.48. The summed E-state index contributed by atoms with van der Waals surface area (Å²) in [5.74, 6) is 0. The molecule has 2 aromatic rings. The summed E-state index contributed by atoms with van der Waals surface area (Å²) >= 11 is 0. The van der Waals surface area contributed by atoms with Gasteiger partial charge >= 0.3 is 0 Å². The molecule has 0 fully saturated rings. The third kappa shape index (κ3) is 4.37. The van der Waals surface area contributed by atoms with Gasteiger partial charge in [-0.05, 0) is 31.9 Å². The van der Waals surface area contributed by atoms with Crippen LogP contribution in [0.25, 0.3) is 0 Å². The molecule has 0 unspecified atom stereocenters. The molecule has 0 spiro atoms. The van der Waals surface area contributed by atoms with Crippen molar-refractivity contribution < 1.29 is 13.3 Å². The van der Waals surface area contributed by atoms with Gasteiger partial charge in [0.2, 0.25) is 10.0 Å². The first-order valence-electron chi connectivity index (χ1n) is 7.03. The standard InChI is InChI=1S/C16H18N2O4S/c1-16(2,12-13-8-4-3-5-9-13)17-23(21,22)15-11-7-6-10-14(15)18(19)20/h3-11,17H,12H2,1-2H3. The third-order valence-corrected chi connectivity index (χ3v) is 5.00. The molecule has 0 radical (unpaired) electrons. The van der Waals surface area contributed by atoms with Crippen LogP contribution in [0, 0.1) is 10.1 Å². The fourth-order valence-electron chi connectivity index (χ4n) is 2.40. The quantitative estimate of drug-likeness (QED) is 0.650. The number of para-hydroxylation sites is 1. The zero-order valence-corrected chi connectivity index (χ0v) is 13.7. The lowest BCUT2D eigenvalue weighted by Gasteiger charge is -2.26. The molecule has 0 aliphatic carbocycles. The van der Waals surface area contributed by atoms with Crippen LogP contribution in [-0.2, 0) is 16.4 Å². The van der Waals surface area contributed by atoms with Crippen molar-refractivity contribution >= 4 is 15.7 Å². The molecule has 0 aliphatic heterocycles.